The number of rotatable bonds is 8. The molecule has 1 heterocycles. The molecule has 130 valence electrons. The summed E-state index contributed by atoms with van der Waals surface area (Å²) >= 11 is 6.41. The van der Waals surface area contributed by atoms with Crippen LogP contribution in [0.25, 0.3) is 0 Å². The Bertz CT molecular complexity index is 356. The number of aliphatic hydroxyl groups is 1. The molecule has 7 nitrogen and oxygen atoms in total. The molecule has 0 saturated carbocycles. The summed E-state index contributed by atoms with van der Waals surface area (Å²) in [6.07, 6.45) is -0.487. The van der Waals surface area contributed by atoms with Gasteiger partial charge in [-0.2, -0.15) is 0 Å². The summed E-state index contributed by atoms with van der Waals surface area (Å²) in [5.41, 5.74) is -0.356. The highest BCUT2D eigenvalue weighted by molar-refractivity contribution is 6.21. The van der Waals surface area contributed by atoms with E-state index < -0.39 is 6.10 Å². The Kier molecular flexibility index (Phi) is 8.41. The minimum atomic E-state index is -0.433. The highest BCUT2D eigenvalue weighted by Crippen LogP contribution is 2.14. The molecular weight excluding hydrogens is 306 g/mol. The number of guanidine groups is 1. The SMILES string of the molecule is CCOC[C@@H](C)N(C)CN1[C@H](Cl)NC(NC[C@H](C)O)=N[C@@H]1C. The van der Waals surface area contributed by atoms with Crippen molar-refractivity contribution in [1.29, 1.82) is 0 Å². The molecule has 0 radical (unpaired) electrons. The molecule has 0 spiro atoms. The topological polar surface area (TPSA) is 72.4 Å². The lowest BCUT2D eigenvalue weighted by Crippen LogP contribution is -2.59. The molecule has 0 aliphatic carbocycles. The molecule has 0 saturated heterocycles. The first-order valence-electron chi connectivity index (χ1n) is 7.79. The van der Waals surface area contributed by atoms with Crippen LogP contribution in [0.3, 0.4) is 0 Å². The summed E-state index contributed by atoms with van der Waals surface area (Å²) in [6, 6.07) is 0.301. The van der Waals surface area contributed by atoms with Gasteiger partial charge in [0, 0.05) is 19.2 Å². The minimum Gasteiger partial charge on any atom is -0.392 e. The van der Waals surface area contributed by atoms with Crippen molar-refractivity contribution < 1.29 is 9.84 Å². The fraction of sp³-hybridized carbons (Fsp3) is 0.929. The molecule has 0 fully saturated rings. The molecule has 3 N–H and O–H groups in total. The summed E-state index contributed by atoms with van der Waals surface area (Å²) in [4.78, 5) is 8.77. The molecule has 0 unspecified atom stereocenters. The molecule has 0 aromatic carbocycles. The van der Waals surface area contributed by atoms with Gasteiger partial charge in [-0.25, -0.2) is 9.89 Å². The second-order valence-corrected chi connectivity index (χ2v) is 6.15. The predicted octanol–water partition coefficient (Wildman–Crippen LogP) is 0.401. The van der Waals surface area contributed by atoms with Crippen LogP contribution in [-0.4, -0.2) is 78.3 Å². The highest BCUT2D eigenvalue weighted by Gasteiger charge is 2.29. The fourth-order valence-corrected chi connectivity index (χ4v) is 2.36. The molecule has 0 amide bonds. The predicted molar refractivity (Wildman–Crippen MR) is 89.8 cm³/mol. The zero-order valence-corrected chi connectivity index (χ0v) is 15.0. The lowest BCUT2D eigenvalue weighted by Gasteiger charge is -2.40. The van der Waals surface area contributed by atoms with Gasteiger partial charge in [0.25, 0.3) is 0 Å². The molecule has 0 aromatic heterocycles. The quantitative estimate of drug-likeness (QED) is 0.440. The Hall–Kier alpha value is -0.600. The van der Waals surface area contributed by atoms with Gasteiger partial charge in [0.15, 0.2) is 11.6 Å². The van der Waals surface area contributed by atoms with E-state index in [1.807, 2.05) is 20.9 Å². The first kappa shape index (κ1) is 19.4. The maximum atomic E-state index is 9.31. The molecule has 8 heteroatoms. The third-order valence-corrected chi connectivity index (χ3v) is 3.97. The van der Waals surface area contributed by atoms with Crippen molar-refractivity contribution in [2.75, 3.05) is 33.5 Å². The van der Waals surface area contributed by atoms with Gasteiger partial charge in [0.1, 0.15) is 6.17 Å². The first-order chi connectivity index (χ1) is 10.3. The van der Waals surface area contributed by atoms with Crippen molar-refractivity contribution >= 4 is 17.6 Å². The van der Waals surface area contributed by atoms with E-state index in [1.165, 1.54) is 0 Å². The van der Waals surface area contributed by atoms with Crippen LogP contribution >= 0.6 is 11.6 Å². The molecule has 0 aromatic rings. The van der Waals surface area contributed by atoms with E-state index in [9.17, 15) is 5.11 Å². The third-order valence-electron chi connectivity index (χ3n) is 3.61. The number of alkyl halides is 1. The molecule has 1 rings (SSSR count). The lowest BCUT2D eigenvalue weighted by molar-refractivity contribution is 0.0329. The normalized spacial score (nSPS) is 25.5. The molecule has 4 atom stereocenters. The van der Waals surface area contributed by atoms with Crippen molar-refractivity contribution in [3.05, 3.63) is 0 Å². The maximum absolute atomic E-state index is 9.31. The van der Waals surface area contributed by atoms with E-state index in [1.54, 1.807) is 6.92 Å². The number of ether oxygens (including phenoxy) is 1. The van der Waals surface area contributed by atoms with Crippen LogP contribution in [0, 0.1) is 0 Å². The van der Waals surface area contributed by atoms with Gasteiger partial charge in [-0.3, -0.25) is 4.90 Å². The van der Waals surface area contributed by atoms with Crippen LogP contribution in [-0.2, 0) is 4.74 Å². The van der Waals surface area contributed by atoms with E-state index in [-0.39, 0.29) is 11.8 Å². The Balaban J connectivity index is 2.54. The van der Waals surface area contributed by atoms with Gasteiger partial charge in [-0.1, -0.05) is 11.6 Å². The van der Waals surface area contributed by atoms with E-state index in [0.717, 1.165) is 6.61 Å². The van der Waals surface area contributed by atoms with Crippen LogP contribution in [0.5, 0.6) is 0 Å². The summed E-state index contributed by atoms with van der Waals surface area (Å²) in [6.45, 7) is 10.4. The van der Waals surface area contributed by atoms with Gasteiger partial charge >= 0.3 is 0 Å². The largest absolute Gasteiger partial charge is 0.392 e. The fourth-order valence-electron chi connectivity index (χ4n) is 2.03. The van der Waals surface area contributed by atoms with E-state index >= 15 is 0 Å². The maximum Gasteiger partial charge on any atom is 0.195 e. The van der Waals surface area contributed by atoms with Crippen molar-refractivity contribution in [1.82, 2.24) is 20.4 Å². The monoisotopic (exact) mass is 335 g/mol. The van der Waals surface area contributed by atoms with Gasteiger partial charge in [0.2, 0.25) is 0 Å². The van der Waals surface area contributed by atoms with Gasteiger partial charge < -0.3 is 20.5 Å². The van der Waals surface area contributed by atoms with Crippen molar-refractivity contribution in [3.8, 4) is 0 Å². The number of hydrogen-bond acceptors (Lipinski definition) is 7. The molecule has 22 heavy (non-hydrogen) atoms. The minimum absolute atomic E-state index is 0.0537. The van der Waals surface area contributed by atoms with Gasteiger partial charge in [-0.15, -0.1) is 0 Å². The molecular formula is C14H30ClN5O2. The van der Waals surface area contributed by atoms with Crippen molar-refractivity contribution in [3.63, 3.8) is 0 Å². The average molecular weight is 336 g/mol. The Morgan fingerprint density at radius 2 is 2.23 bits per heavy atom. The number of nitrogens with zero attached hydrogens (tertiary/aromatic N) is 3. The zero-order valence-electron chi connectivity index (χ0n) is 14.2. The second kappa shape index (κ2) is 9.52. The lowest BCUT2D eigenvalue weighted by atomic mass is 10.3. The van der Waals surface area contributed by atoms with Crippen molar-refractivity contribution in [2.45, 2.75) is 51.6 Å². The second-order valence-electron chi connectivity index (χ2n) is 5.74. The molecule has 0 bridgehead atoms. The summed E-state index contributed by atoms with van der Waals surface area (Å²) in [7, 11) is 2.05. The van der Waals surface area contributed by atoms with Crippen LogP contribution < -0.4 is 10.6 Å². The standard InChI is InChI=1S/C14H30ClN5O2/c1-6-22-8-10(2)19(5)9-20-12(4)17-14(18-13(20)15)16-7-11(3)21/h10-13,21H,6-9H2,1-5H3,(H2,16,17,18)/t10-,11+,12+,13-/m1/s1. The smallest absolute Gasteiger partial charge is 0.195 e. The van der Waals surface area contributed by atoms with E-state index in [4.69, 9.17) is 16.3 Å². The number of likely N-dealkylation sites (N-methyl/N-ethyl adjacent to an activating group) is 1. The van der Waals surface area contributed by atoms with Gasteiger partial charge in [0.05, 0.1) is 19.4 Å². The van der Waals surface area contributed by atoms with E-state index in [2.05, 4.69) is 32.3 Å². The average Bonchev–Trinajstić information content (AvgIpc) is 2.46. The summed E-state index contributed by atoms with van der Waals surface area (Å²) < 4.78 is 5.46. The van der Waals surface area contributed by atoms with E-state index in [0.29, 0.717) is 31.8 Å². The first-order valence-corrected chi connectivity index (χ1v) is 8.22. The highest BCUT2D eigenvalue weighted by atomic mass is 35.5. The molecule has 1 aliphatic rings. The van der Waals surface area contributed by atoms with Crippen LogP contribution in [0.15, 0.2) is 4.99 Å². The number of hydrogen-bond donors (Lipinski definition) is 3. The zero-order chi connectivity index (χ0) is 16.7. The Morgan fingerprint density at radius 1 is 1.55 bits per heavy atom. The van der Waals surface area contributed by atoms with Crippen LogP contribution in [0.4, 0.5) is 0 Å². The molecule has 1 aliphatic heterocycles. The number of halogens is 1. The number of aliphatic imine (C=N–C) groups is 1. The third kappa shape index (κ3) is 6.26. The summed E-state index contributed by atoms with van der Waals surface area (Å²) in [5, 5.41) is 15.5. The van der Waals surface area contributed by atoms with Crippen molar-refractivity contribution in [2.24, 2.45) is 4.99 Å². The number of aliphatic hydroxyl groups excluding tert-OH is 1. The van der Waals surface area contributed by atoms with Crippen LogP contribution in [0.2, 0.25) is 0 Å². The van der Waals surface area contributed by atoms with Crippen LogP contribution in [0.1, 0.15) is 27.7 Å². The Morgan fingerprint density at radius 3 is 2.77 bits per heavy atom. The Labute approximate surface area is 138 Å². The summed E-state index contributed by atoms with van der Waals surface area (Å²) in [5.74, 6) is 0.620. The number of nitrogens with one attached hydrogen (secondary N) is 2. The van der Waals surface area contributed by atoms with Gasteiger partial charge in [-0.05, 0) is 34.7 Å².